The first-order valence-electron chi connectivity index (χ1n) is 7.94. The van der Waals surface area contributed by atoms with Gasteiger partial charge in [-0.3, -0.25) is 4.79 Å². The molecule has 1 N–H and O–H groups in total. The van der Waals surface area contributed by atoms with Crippen LogP contribution in [0.15, 0.2) is 28.8 Å². The van der Waals surface area contributed by atoms with Gasteiger partial charge in [0.25, 0.3) is 5.91 Å². The van der Waals surface area contributed by atoms with Crippen LogP contribution in [0.2, 0.25) is 0 Å². The lowest BCUT2D eigenvalue weighted by molar-refractivity contribution is -0.139. The second kappa shape index (κ2) is 7.83. The Morgan fingerprint density at radius 2 is 1.92 bits per heavy atom. The molecule has 0 aliphatic rings. The van der Waals surface area contributed by atoms with Crippen LogP contribution in [0.5, 0.6) is 5.75 Å². The largest absolute Gasteiger partial charge is 0.482 e. The van der Waals surface area contributed by atoms with Gasteiger partial charge in [0.2, 0.25) is 0 Å². The van der Waals surface area contributed by atoms with E-state index in [1.54, 1.807) is 43.1 Å². The average Bonchev–Trinajstić information content (AvgIpc) is 2.95. The van der Waals surface area contributed by atoms with Gasteiger partial charge in [-0.25, -0.2) is 4.79 Å². The van der Waals surface area contributed by atoms with Crippen molar-refractivity contribution < 1.29 is 24.0 Å². The number of aromatic nitrogens is 1. The van der Waals surface area contributed by atoms with Crippen LogP contribution in [0.1, 0.15) is 47.1 Å². The van der Waals surface area contributed by atoms with Crippen LogP contribution >= 0.6 is 0 Å². The molecule has 0 radical (unpaired) electrons. The van der Waals surface area contributed by atoms with Crippen molar-refractivity contribution in [3.8, 4) is 5.75 Å². The number of aliphatic carboxylic acids is 1. The lowest BCUT2D eigenvalue weighted by atomic mass is 10.0. The first-order chi connectivity index (χ1) is 11.8. The molecule has 0 fully saturated rings. The molecule has 7 nitrogen and oxygen atoms in total. The Labute approximate surface area is 146 Å². The van der Waals surface area contributed by atoms with Gasteiger partial charge in [-0.1, -0.05) is 31.1 Å². The highest BCUT2D eigenvalue weighted by molar-refractivity contribution is 5.96. The topological polar surface area (TPSA) is 92.9 Å². The van der Waals surface area contributed by atoms with Crippen molar-refractivity contribution in [3.05, 3.63) is 46.8 Å². The van der Waals surface area contributed by atoms with Crippen molar-refractivity contribution in [2.24, 2.45) is 0 Å². The number of carboxylic acids is 1. The molecule has 0 atom stereocenters. The summed E-state index contributed by atoms with van der Waals surface area (Å²) >= 11 is 0. The molecule has 1 amide bonds. The molecule has 0 aliphatic carbocycles. The molecule has 134 valence electrons. The molecule has 1 aromatic carbocycles. The van der Waals surface area contributed by atoms with Crippen LogP contribution in [0.3, 0.4) is 0 Å². The maximum atomic E-state index is 12.7. The van der Waals surface area contributed by atoms with E-state index in [9.17, 15) is 9.59 Å². The molecule has 1 heterocycles. The summed E-state index contributed by atoms with van der Waals surface area (Å²) in [5, 5.41) is 12.5. The van der Waals surface area contributed by atoms with E-state index in [-0.39, 0.29) is 18.4 Å². The fourth-order valence-electron chi connectivity index (χ4n) is 2.41. The fourth-order valence-corrected chi connectivity index (χ4v) is 2.41. The Morgan fingerprint density at radius 1 is 1.28 bits per heavy atom. The quantitative estimate of drug-likeness (QED) is 0.829. The molecule has 0 bridgehead atoms. The van der Waals surface area contributed by atoms with Gasteiger partial charge in [-0.15, -0.1) is 0 Å². The summed E-state index contributed by atoms with van der Waals surface area (Å²) in [6.07, 6.45) is 0. The third kappa shape index (κ3) is 4.59. The molecular formula is C18H22N2O5. The summed E-state index contributed by atoms with van der Waals surface area (Å²) in [5.41, 5.74) is 2.00. The summed E-state index contributed by atoms with van der Waals surface area (Å²) in [7, 11) is 1.72. The second-order valence-corrected chi connectivity index (χ2v) is 6.15. The number of rotatable bonds is 7. The highest BCUT2D eigenvalue weighted by Gasteiger charge is 2.25. The number of amides is 1. The highest BCUT2D eigenvalue weighted by atomic mass is 16.5. The summed E-state index contributed by atoms with van der Waals surface area (Å²) in [6.45, 7) is 5.67. The summed E-state index contributed by atoms with van der Waals surface area (Å²) in [4.78, 5) is 24.8. The first kappa shape index (κ1) is 18.5. The minimum absolute atomic E-state index is 0.0687. The molecule has 0 saturated carbocycles. The highest BCUT2D eigenvalue weighted by Crippen LogP contribution is 2.24. The van der Waals surface area contributed by atoms with Gasteiger partial charge in [-0.2, -0.15) is 0 Å². The van der Waals surface area contributed by atoms with Crippen molar-refractivity contribution >= 4 is 11.9 Å². The zero-order chi connectivity index (χ0) is 18.6. The number of ether oxygens (including phenoxy) is 1. The molecule has 2 aromatic rings. The summed E-state index contributed by atoms with van der Waals surface area (Å²) in [6, 6.07) is 6.96. The van der Waals surface area contributed by atoms with E-state index in [2.05, 4.69) is 5.16 Å². The number of nitrogens with zero attached hydrogens (tertiary/aromatic N) is 2. The van der Waals surface area contributed by atoms with Gasteiger partial charge in [0.15, 0.2) is 12.4 Å². The van der Waals surface area contributed by atoms with Gasteiger partial charge < -0.3 is 19.3 Å². The minimum atomic E-state index is -1.03. The Morgan fingerprint density at radius 3 is 2.48 bits per heavy atom. The van der Waals surface area contributed by atoms with Crippen LogP contribution in [0.25, 0.3) is 0 Å². The van der Waals surface area contributed by atoms with E-state index < -0.39 is 5.97 Å². The van der Waals surface area contributed by atoms with Gasteiger partial charge in [-0.05, 0) is 24.6 Å². The van der Waals surface area contributed by atoms with Crippen molar-refractivity contribution in [2.45, 2.75) is 33.2 Å². The number of hydrogen-bond acceptors (Lipinski definition) is 5. The number of aryl methyl sites for hydroxylation is 1. The molecule has 0 aliphatic heterocycles. The van der Waals surface area contributed by atoms with Crippen LogP contribution < -0.4 is 4.74 Å². The van der Waals surface area contributed by atoms with Gasteiger partial charge in [0.05, 0.1) is 5.69 Å². The zero-order valence-electron chi connectivity index (χ0n) is 14.8. The van der Waals surface area contributed by atoms with Gasteiger partial charge in [0.1, 0.15) is 11.3 Å². The maximum Gasteiger partial charge on any atom is 0.341 e. The molecule has 25 heavy (non-hydrogen) atoms. The number of carbonyl (C=O) groups excluding carboxylic acids is 1. The van der Waals surface area contributed by atoms with Crippen molar-refractivity contribution in [3.63, 3.8) is 0 Å². The Bertz CT molecular complexity index is 749. The fraction of sp³-hybridized carbons (Fsp3) is 0.389. The lowest BCUT2D eigenvalue weighted by Gasteiger charge is -2.18. The van der Waals surface area contributed by atoms with Crippen molar-refractivity contribution in [1.29, 1.82) is 0 Å². The van der Waals surface area contributed by atoms with E-state index in [0.717, 1.165) is 5.56 Å². The monoisotopic (exact) mass is 346 g/mol. The van der Waals surface area contributed by atoms with Gasteiger partial charge in [0, 0.05) is 19.5 Å². The maximum absolute atomic E-state index is 12.7. The summed E-state index contributed by atoms with van der Waals surface area (Å²) < 4.78 is 10.4. The third-order valence-corrected chi connectivity index (χ3v) is 3.68. The molecule has 7 heteroatoms. The van der Waals surface area contributed by atoms with E-state index in [4.69, 9.17) is 14.4 Å². The molecule has 0 saturated heterocycles. The summed E-state index contributed by atoms with van der Waals surface area (Å²) in [5.74, 6) is -0.0452. The predicted molar refractivity (Wildman–Crippen MR) is 90.7 cm³/mol. The second-order valence-electron chi connectivity index (χ2n) is 6.15. The Kier molecular flexibility index (Phi) is 5.80. The van der Waals surface area contributed by atoms with E-state index in [1.165, 1.54) is 0 Å². The van der Waals surface area contributed by atoms with Crippen LogP contribution in [-0.2, 0) is 11.3 Å². The van der Waals surface area contributed by atoms with Crippen LogP contribution in [-0.4, -0.2) is 40.7 Å². The SMILES string of the molecule is Cc1noc(C(C)C)c1C(=O)N(C)Cc1ccc(OCC(=O)O)cc1. The van der Waals surface area contributed by atoms with Crippen LogP contribution in [0, 0.1) is 6.92 Å². The van der Waals surface area contributed by atoms with E-state index >= 15 is 0 Å². The normalized spacial score (nSPS) is 10.8. The smallest absolute Gasteiger partial charge is 0.341 e. The Balaban J connectivity index is 2.06. The third-order valence-electron chi connectivity index (χ3n) is 3.68. The Hall–Kier alpha value is -2.83. The number of carbonyl (C=O) groups is 2. The number of carboxylic acid groups (broad SMARTS) is 1. The van der Waals surface area contributed by atoms with Gasteiger partial charge >= 0.3 is 5.97 Å². The molecule has 2 rings (SSSR count). The first-order valence-corrected chi connectivity index (χ1v) is 7.94. The number of hydrogen-bond donors (Lipinski definition) is 1. The average molecular weight is 346 g/mol. The van der Waals surface area contributed by atoms with Crippen LogP contribution in [0.4, 0.5) is 0 Å². The molecular weight excluding hydrogens is 324 g/mol. The standard InChI is InChI=1S/C18H22N2O5/c1-11(2)17-16(12(3)19-25-17)18(23)20(4)9-13-5-7-14(8-6-13)24-10-15(21)22/h5-8,11H,9-10H2,1-4H3,(H,21,22). The van der Waals surface area contributed by atoms with E-state index in [0.29, 0.717) is 29.3 Å². The van der Waals surface area contributed by atoms with E-state index in [1.807, 2.05) is 13.8 Å². The van der Waals surface area contributed by atoms with Crippen molar-refractivity contribution in [1.82, 2.24) is 10.1 Å². The molecule has 0 spiro atoms. The van der Waals surface area contributed by atoms with Crippen molar-refractivity contribution in [2.75, 3.05) is 13.7 Å². The molecule has 0 unspecified atom stereocenters. The minimum Gasteiger partial charge on any atom is -0.482 e. The lowest BCUT2D eigenvalue weighted by Crippen LogP contribution is -2.27. The molecule has 1 aromatic heterocycles. The zero-order valence-corrected chi connectivity index (χ0v) is 14.8. The number of benzene rings is 1. The predicted octanol–water partition coefficient (Wildman–Crippen LogP) is 2.84.